The standard InChI is InChI=1S/C20H28N2O4/c1-12(2)18(24)16(23)11-13(3)19(25)21-17-15-8-6-5-7-14(15)9-10-22(4)20(17)26/h5-8,12-13,17-18,24H,9-11H2,1-4H3,(H,21,25)/t13-,17+,18+/m1/s1/i1D3,5D,6D,7D,8D,12D,13D,17D/t12?,13-,17+,18+. The van der Waals surface area contributed by atoms with E-state index in [1.54, 1.807) is 0 Å². The van der Waals surface area contributed by atoms with Crippen LogP contribution >= 0.6 is 0 Å². The van der Waals surface area contributed by atoms with Gasteiger partial charge < -0.3 is 15.3 Å². The first-order chi connectivity index (χ1) is 16.1. The van der Waals surface area contributed by atoms with E-state index in [1.807, 2.05) is 5.32 Å². The Morgan fingerprint density at radius 2 is 2.19 bits per heavy atom. The van der Waals surface area contributed by atoms with Gasteiger partial charge >= 0.3 is 0 Å². The van der Waals surface area contributed by atoms with Crippen LogP contribution in [0.2, 0.25) is 0 Å². The van der Waals surface area contributed by atoms with Crippen molar-refractivity contribution in [1.82, 2.24) is 10.2 Å². The molecule has 6 nitrogen and oxygen atoms in total. The van der Waals surface area contributed by atoms with Crippen molar-refractivity contribution in [1.29, 1.82) is 0 Å². The minimum Gasteiger partial charge on any atom is -0.385 e. The minimum absolute atomic E-state index is 0.0233. The Bertz CT molecular complexity index is 1110. The van der Waals surface area contributed by atoms with Crippen molar-refractivity contribution in [3.63, 3.8) is 0 Å². The molecule has 0 aromatic heterocycles. The first-order valence-electron chi connectivity index (χ1n) is 13.0. The van der Waals surface area contributed by atoms with Crippen LogP contribution < -0.4 is 5.32 Å². The van der Waals surface area contributed by atoms with E-state index in [-0.39, 0.29) is 18.5 Å². The third-order valence-electron chi connectivity index (χ3n) is 4.05. The highest BCUT2D eigenvalue weighted by Gasteiger charge is 2.32. The third-order valence-corrected chi connectivity index (χ3v) is 4.05. The van der Waals surface area contributed by atoms with Crippen LogP contribution in [0, 0.1) is 11.8 Å². The van der Waals surface area contributed by atoms with Crippen molar-refractivity contribution in [2.45, 2.75) is 45.7 Å². The summed E-state index contributed by atoms with van der Waals surface area (Å²) in [5.74, 6) is -8.77. The fourth-order valence-corrected chi connectivity index (χ4v) is 2.43. The van der Waals surface area contributed by atoms with Crippen LogP contribution in [0.15, 0.2) is 24.2 Å². The third kappa shape index (κ3) is 4.49. The lowest BCUT2D eigenvalue weighted by Crippen LogP contribution is -2.43. The summed E-state index contributed by atoms with van der Waals surface area (Å²) in [6, 6.07) is -5.28. The topological polar surface area (TPSA) is 86.7 Å². The molecule has 0 saturated heterocycles. The highest BCUT2D eigenvalue weighted by atomic mass is 16.3. The van der Waals surface area contributed by atoms with Gasteiger partial charge in [-0.15, -0.1) is 0 Å². The summed E-state index contributed by atoms with van der Waals surface area (Å²) >= 11 is 0. The molecule has 1 aromatic carbocycles. The summed E-state index contributed by atoms with van der Waals surface area (Å²) < 4.78 is 79.4. The van der Waals surface area contributed by atoms with Crippen molar-refractivity contribution in [3.05, 3.63) is 35.3 Å². The number of fused-ring (bicyclic) bond motifs is 1. The molecule has 142 valence electrons. The molecule has 6 heteroatoms. The second-order valence-electron chi connectivity index (χ2n) is 6.17. The number of carbonyl (C=O) groups is 3. The Morgan fingerprint density at radius 3 is 2.88 bits per heavy atom. The number of aliphatic hydroxyl groups excluding tert-OH is 1. The van der Waals surface area contributed by atoms with Crippen LogP contribution in [0.5, 0.6) is 0 Å². The number of likely N-dealkylation sites (N-methyl/N-ethyl adjacent to an activating group) is 1. The van der Waals surface area contributed by atoms with E-state index in [4.69, 9.17) is 13.7 Å². The number of ketones is 1. The van der Waals surface area contributed by atoms with Gasteiger partial charge in [-0.3, -0.25) is 14.4 Å². The largest absolute Gasteiger partial charge is 0.385 e. The molecule has 2 rings (SSSR count). The summed E-state index contributed by atoms with van der Waals surface area (Å²) in [4.78, 5) is 39.8. The molecule has 1 aliphatic rings. The van der Waals surface area contributed by atoms with E-state index in [0.29, 0.717) is 0 Å². The number of benzene rings is 1. The van der Waals surface area contributed by atoms with E-state index in [2.05, 4.69) is 0 Å². The van der Waals surface area contributed by atoms with Crippen molar-refractivity contribution in [2.75, 3.05) is 13.6 Å². The number of hydrogen-bond donors (Lipinski definition) is 2. The molecule has 2 N–H and O–H groups in total. The number of carbonyl (C=O) groups excluding carboxylic acids is 3. The number of amides is 2. The van der Waals surface area contributed by atoms with Crippen molar-refractivity contribution in [3.8, 4) is 0 Å². The molecule has 0 fully saturated rings. The first kappa shape index (κ1) is 10.2. The van der Waals surface area contributed by atoms with Crippen LogP contribution in [0.25, 0.3) is 0 Å². The van der Waals surface area contributed by atoms with E-state index < -0.39 is 84.5 Å². The predicted octanol–water partition coefficient (Wildman–Crippen LogP) is 1.47. The predicted molar refractivity (Wildman–Crippen MR) is 98.3 cm³/mol. The molecule has 0 bridgehead atoms. The molecular weight excluding hydrogens is 332 g/mol. The zero-order valence-corrected chi connectivity index (χ0v) is 14.8. The molecule has 4 atom stereocenters. The quantitative estimate of drug-likeness (QED) is 0.794. The van der Waals surface area contributed by atoms with E-state index in [9.17, 15) is 19.5 Å². The zero-order chi connectivity index (χ0) is 28.2. The van der Waals surface area contributed by atoms with Gasteiger partial charge in [0.15, 0.2) is 5.78 Å². The second-order valence-corrected chi connectivity index (χ2v) is 6.17. The highest BCUT2D eigenvalue weighted by Crippen LogP contribution is 2.25. The summed E-state index contributed by atoms with van der Waals surface area (Å²) in [7, 11) is 1.31. The lowest BCUT2D eigenvalue weighted by molar-refractivity contribution is -0.137. The molecule has 26 heavy (non-hydrogen) atoms. The van der Waals surface area contributed by atoms with Gasteiger partial charge in [0.05, 0.1) is 6.85 Å². The smallest absolute Gasteiger partial charge is 0.249 e. The van der Waals surface area contributed by atoms with E-state index in [0.717, 1.165) is 18.7 Å². The molecule has 1 unspecified atom stereocenters. The van der Waals surface area contributed by atoms with Crippen LogP contribution in [-0.4, -0.2) is 47.3 Å². The van der Waals surface area contributed by atoms with E-state index >= 15 is 0 Å². The molecule has 0 saturated carbocycles. The molecule has 1 heterocycles. The average molecular weight is 371 g/mol. The van der Waals surface area contributed by atoms with E-state index in [1.165, 1.54) is 7.05 Å². The lowest BCUT2D eigenvalue weighted by Gasteiger charge is -2.24. The zero-order valence-electron chi connectivity index (χ0n) is 24.8. The summed E-state index contributed by atoms with van der Waals surface area (Å²) in [6.07, 6.45) is -3.47. The van der Waals surface area contributed by atoms with Crippen LogP contribution in [0.3, 0.4) is 0 Å². The number of Topliss-reactive ketones (excluding diaryl/α,β-unsaturated/α-hetero) is 1. The number of nitrogens with one attached hydrogen (secondary N) is 1. The van der Waals surface area contributed by atoms with Crippen molar-refractivity contribution in [2.24, 2.45) is 11.8 Å². The number of nitrogens with zero attached hydrogens (tertiary/aromatic N) is 1. The molecule has 2 amide bonds. The maximum Gasteiger partial charge on any atom is 0.249 e. The minimum atomic E-state index is -3.06. The van der Waals surface area contributed by atoms with Crippen LogP contribution in [0.1, 0.15) is 58.0 Å². The molecule has 0 radical (unpaired) electrons. The van der Waals surface area contributed by atoms with Gasteiger partial charge in [-0.25, -0.2) is 0 Å². The summed E-state index contributed by atoms with van der Waals surface area (Å²) in [6.45, 7) is -1.34. The Hall–Kier alpha value is -2.21. The first-order valence-corrected chi connectivity index (χ1v) is 8.00. The average Bonchev–Trinajstić information content (AvgIpc) is 2.84. The maximum absolute atomic E-state index is 13.1. The van der Waals surface area contributed by atoms with Gasteiger partial charge in [0.2, 0.25) is 11.8 Å². The Kier molecular flexibility index (Phi) is 3.32. The van der Waals surface area contributed by atoms with Gasteiger partial charge in [-0.1, -0.05) is 44.9 Å². The SMILES string of the molecule is [2H]c1c([2H])c([2H])c2c(c1[2H])CCN(C)C(=O)[C@@]2([2H])NC(=O)[C@]([2H])(C)CC(=O)[C@@H](O)C([2H])(C)C([2H])([2H])[2H]. The van der Waals surface area contributed by atoms with Gasteiger partial charge in [-0.05, 0) is 23.4 Å². The van der Waals surface area contributed by atoms with Gasteiger partial charge in [-0.2, -0.15) is 0 Å². The highest BCUT2D eigenvalue weighted by molar-refractivity contribution is 5.92. The van der Waals surface area contributed by atoms with Crippen molar-refractivity contribution < 1.29 is 33.2 Å². The van der Waals surface area contributed by atoms with Crippen LogP contribution in [-0.2, 0) is 20.8 Å². The molecule has 0 spiro atoms. The monoisotopic (exact) mass is 370 g/mol. The van der Waals surface area contributed by atoms with Crippen LogP contribution in [0.4, 0.5) is 0 Å². The fraction of sp³-hybridized carbons (Fsp3) is 0.550. The number of aliphatic hydroxyl groups is 1. The molecule has 0 aliphatic carbocycles. The Labute approximate surface area is 168 Å². The van der Waals surface area contributed by atoms with Crippen molar-refractivity contribution >= 4 is 17.6 Å². The number of rotatable bonds is 6. The summed E-state index contributed by atoms with van der Waals surface area (Å²) in [5, 5.41) is 12.2. The Morgan fingerprint density at radius 1 is 1.50 bits per heavy atom. The summed E-state index contributed by atoms with van der Waals surface area (Å²) in [5.41, 5.74) is -0.547. The molecule has 1 aromatic rings. The van der Waals surface area contributed by atoms with Gasteiger partial charge in [0.25, 0.3) is 0 Å². The Balaban J connectivity index is 2.50. The lowest BCUT2D eigenvalue weighted by atomic mass is 9.94. The second kappa shape index (κ2) is 8.45. The fourth-order valence-electron chi connectivity index (χ4n) is 2.43. The van der Waals surface area contributed by atoms with Gasteiger partial charge in [0.1, 0.15) is 12.1 Å². The maximum atomic E-state index is 13.1. The normalized spacial score (nSPS) is 31.8. The molecular formula is C20H28N2O4. The molecule has 1 aliphatic heterocycles. The van der Waals surface area contributed by atoms with Gasteiger partial charge in [0, 0.05) is 32.8 Å². The number of hydrogen-bond acceptors (Lipinski definition) is 4.